The molecule has 0 spiro atoms. The minimum absolute atomic E-state index is 0.104. The lowest BCUT2D eigenvalue weighted by Crippen LogP contribution is -2.18. The third-order valence-corrected chi connectivity index (χ3v) is 7.04. The average molecular weight is 498 g/mol. The number of benzene rings is 2. The summed E-state index contributed by atoms with van der Waals surface area (Å²) < 4.78 is 16.6. The molecule has 1 unspecified atom stereocenters. The number of hydrogen-bond donors (Lipinski definition) is 3. The van der Waals surface area contributed by atoms with Crippen LogP contribution in [0.5, 0.6) is 0 Å². The standard InChI is InChI=1S/C25H32N5O4P/c1-3-18-15-20(11-12-21(18)17-26-13-8-14-35(31,32)33)24-27-25(34-29-24)22-16-23(30(4-2)28-22)19-9-6-5-7-10-19/h5-7,9-12,15,23,26H,3-4,8,13-14,16-17H2,1-2H3,(H2,31,32,33). The van der Waals surface area contributed by atoms with E-state index in [0.29, 0.717) is 37.6 Å². The van der Waals surface area contributed by atoms with Crippen LogP contribution in [0.1, 0.15) is 55.3 Å². The summed E-state index contributed by atoms with van der Waals surface area (Å²) in [4.78, 5) is 22.6. The van der Waals surface area contributed by atoms with Crippen LogP contribution in [0.15, 0.2) is 58.2 Å². The summed E-state index contributed by atoms with van der Waals surface area (Å²) in [5.41, 5.74) is 5.20. The van der Waals surface area contributed by atoms with Crippen molar-refractivity contribution in [3.8, 4) is 11.4 Å². The highest BCUT2D eigenvalue weighted by molar-refractivity contribution is 7.51. The third-order valence-electron chi connectivity index (χ3n) is 6.14. The van der Waals surface area contributed by atoms with Crippen molar-refractivity contribution in [1.82, 2.24) is 20.5 Å². The van der Waals surface area contributed by atoms with E-state index in [1.165, 1.54) is 5.56 Å². The van der Waals surface area contributed by atoms with Gasteiger partial charge in [0.25, 0.3) is 5.89 Å². The van der Waals surface area contributed by atoms with Crippen LogP contribution in [0.2, 0.25) is 0 Å². The van der Waals surface area contributed by atoms with E-state index >= 15 is 0 Å². The van der Waals surface area contributed by atoms with E-state index in [1.54, 1.807) is 0 Å². The van der Waals surface area contributed by atoms with Gasteiger partial charge in [0.15, 0.2) is 0 Å². The van der Waals surface area contributed by atoms with Crippen molar-refractivity contribution in [3.05, 3.63) is 71.1 Å². The van der Waals surface area contributed by atoms with Gasteiger partial charge in [0.05, 0.1) is 12.2 Å². The lowest BCUT2D eigenvalue weighted by atomic mass is 10.0. The van der Waals surface area contributed by atoms with Crippen LogP contribution in [0.4, 0.5) is 0 Å². The maximum absolute atomic E-state index is 11.0. The molecule has 186 valence electrons. The Balaban J connectivity index is 1.43. The van der Waals surface area contributed by atoms with Crippen molar-refractivity contribution >= 4 is 13.3 Å². The molecule has 0 radical (unpaired) electrons. The Kier molecular flexibility index (Phi) is 8.13. The first-order chi connectivity index (χ1) is 16.9. The molecule has 0 saturated carbocycles. The summed E-state index contributed by atoms with van der Waals surface area (Å²) in [5.74, 6) is 0.982. The zero-order valence-corrected chi connectivity index (χ0v) is 21.0. The van der Waals surface area contributed by atoms with E-state index in [9.17, 15) is 4.57 Å². The topological polar surface area (TPSA) is 124 Å². The van der Waals surface area contributed by atoms with E-state index in [4.69, 9.17) is 19.4 Å². The van der Waals surface area contributed by atoms with Crippen molar-refractivity contribution in [2.75, 3.05) is 19.3 Å². The smallest absolute Gasteiger partial charge is 0.325 e. The molecule has 1 aliphatic rings. The van der Waals surface area contributed by atoms with Gasteiger partial charge in [-0.15, -0.1) is 0 Å². The average Bonchev–Trinajstić information content (AvgIpc) is 3.51. The molecule has 0 aliphatic carbocycles. The predicted octanol–water partition coefficient (Wildman–Crippen LogP) is 4.13. The van der Waals surface area contributed by atoms with Crippen LogP contribution < -0.4 is 5.32 Å². The molecule has 2 heterocycles. The number of hydrogen-bond acceptors (Lipinski definition) is 7. The second-order valence-corrected chi connectivity index (χ2v) is 10.4. The van der Waals surface area contributed by atoms with Crippen molar-refractivity contribution in [1.29, 1.82) is 0 Å². The number of aromatic nitrogens is 2. The minimum atomic E-state index is -3.94. The Morgan fingerprint density at radius 3 is 2.66 bits per heavy atom. The Hall–Kier alpha value is -2.84. The normalized spacial score (nSPS) is 16.1. The van der Waals surface area contributed by atoms with Crippen molar-refractivity contribution in [3.63, 3.8) is 0 Å². The van der Waals surface area contributed by atoms with Gasteiger partial charge in [0, 0.05) is 25.1 Å². The SMILES string of the molecule is CCc1cc(-c2noc(C3=NN(CC)C(c4ccccc4)C3)n2)ccc1CNCCCP(=O)(O)O. The number of nitrogens with zero attached hydrogens (tertiary/aromatic N) is 4. The predicted molar refractivity (Wildman–Crippen MR) is 135 cm³/mol. The van der Waals surface area contributed by atoms with Gasteiger partial charge in [-0.05, 0) is 49.1 Å². The molecule has 3 N–H and O–H groups in total. The first-order valence-corrected chi connectivity index (χ1v) is 13.8. The molecule has 10 heteroatoms. The van der Waals surface area contributed by atoms with Crippen molar-refractivity contribution in [2.45, 2.75) is 45.7 Å². The molecule has 1 aromatic heterocycles. The summed E-state index contributed by atoms with van der Waals surface area (Å²) in [6, 6.07) is 16.6. The molecule has 0 bridgehead atoms. The molecule has 9 nitrogen and oxygen atoms in total. The Morgan fingerprint density at radius 2 is 1.94 bits per heavy atom. The molecular formula is C25H32N5O4P. The Bertz CT molecular complexity index is 1210. The van der Waals surface area contributed by atoms with Gasteiger partial charge in [-0.25, -0.2) is 0 Å². The van der Waals surface area contributed by atoms with E-state index < -0.39 is 7.60 Å². The van der Waals surface area contributed by atoms with Gasteiger partial charge in [-0.2, -0.15) is 10.1 Å². The van der Waals surface area contributed by atoms with Crippen molar-refractivity contribution in [2.24, 2.45) is 5.10 Å². The summed E-state index contributed by atoms with van der Waals surface area (Å²) in [7, 11) is -3.94. The first kappa shape index (κ1) is 25.3. The van der Waals surface area contributed by atoms with E-state index in [2.05, 4.69) is 52.5 Å². The maximum Gasteiger partial charge on any atom is 0.325 e. The largest absolute Gasteiger partial charge is 0.332 e. The summed E-state index contributed by atoms with van der Waals surface area (Å²) in [5, 5.41) is 14.3. The van der Waals surface area contributed by atoms with Gasteiger partial charge >= 0.3 is 7.60 Å². The van der Waals surface area contributed by atoms with Gasteiger partial charge < -0.3 is 19.6 Å². The fourth-order valence-electron chi connectivity index (χ4n) is 4.30. The fourth-order valence-corrected chi connectivity index (χ4v) is 4.87. The van der Waals surface area contributed by atoms with E-state index in [1.807, 2.05) is 30.3 Å². The van der Waals surface area contributed by atoms with E-state index in [-0.39, 0.29) is 12.2 Å². The molecule has 3 aromatic rings. The molecule has 4 rings (SSSR count). The summed E-state index contributed by atoms with van der Waals surface area (Å²) in [6.07, 6.45) is 1.88. The second-order valence-electron chi connectivity index (χ2n) is 8.61. The van der Waals surface area contributed by atoms with Crippen LogP contribution >= 0.6 is 7.60 Å². The fraction of sp³-hybridized carbons (Fsp3) is 0.400. The lowest BCUT2D eigenvalue weighted by molar-refractivity contribution is 0.246. The van der Waals surface area contributed by atoms with E-state index in [0.717, 1.165) is 35.4 Å². The summed E-state index contributed by atoms with van der Waals surface area (Å²) in [6.45, 7) is 6.15. The number of nitrogens with one attached hydrogen (secondary N) is 1. The Labute approximate surface area is 205 Å². The van der Waals surface area contributed by atoms with Crippen LogP contribution in [-0.2, 0) is 17.5 Å². The lowest BCUT2D eigenvalue weighted by Gasteiger charge is -2.21. The maximum atomic E-state index is 11.0. The molecule has 0 amide bonds. The second kappa shape index (κ2) is 11.3. The Morgan fingerprint density at radius 1 is 1.14 bits per heavy atom. The molecule has 35 heavy (non-hydrogen) atoms. The molecule has 0 fully saturated rings. The zero-order valence-electron chi connectivity index (χ0n) is 20.1. The quantitative estimate of drug-likeness (QED) is 0.267. The van der Waals surface area contributed by atoms with Gasteiger partial charge in [-0.1, -0.05) is 54.5 Å². The molecule has 1 aliphatic heterocycles. The van der Waals surface area contributed by atoms with Gasteiger partial charge in [-0.3, -0.25) is 9.57 Å². The molecule has 0 saturated heterocycles. The van der Waals surface area contributed by atoms with Crippen LogP contribution in [-0.4, -0.2) is 49.9 Å². The zero-order chi connectivity index (χ0) is 24.8. The molecule has 2 aromatic carbocycles. The van der Waals surface area contributed by atoms with Crippen molar-refractivity contribution < 1.29 is 18.9 Å². The monoisotopic (exact) mass is 497 g/mol. The highest BCUT2D eigenvalue weighted by atomic mass is 31.2. The van der Waals surface area contributed by atoms with Crippen LogP contribution in [0.3, 0.4) is 0 Å². The van der Waals surface area contributed by atoms with Crippen LogP contribution in [0, 0.1) is 0 Å². The highest BCUT2D eigenvalue weighted by Gasteiger charge is 2.30. The first-order valence-electron chi connectivity index (χ1n) is 12.0. The summed E-state index contributed by atoms with van der Waals surface area (Å²) >= 11 is 0. The van der Waals surface area contributed by atoms with Gasteiger partial charge in [0.2, 0.25) is 5.82 Å². The third kappa shape index (κ3) is 6.44. The van der Waals surface area contributed by atoms with Gasteiger partial charge in [0.1, 0.15) is 5.71 Å². The number of aryl methyl sites for hydroxylation is 1. The molecular weight excluding hydrogens is 465 g/mol. The number of hydrazone groups is 1. The highest BCUT2D eigenvalue weighted by Crippen LogP contribution is 2.34. The number of rotatable bonds is 11. The van der Waals surface area contributed by atoms with Crippen LogP contribution in [0.25, 0.3) is 11.4 Å². The minimum Gasteiger partial charge on any atom is -0.332 e. The molecule has 1 atom stereocenters.